The molecule has 0 aromatic rings. The van der Waals surface area contributed by atoms with Crippen molar-refractivity contribution in [2.75, 3.05) is 19.8 Å². The van der Waals surface area contributed by atoms with Gasteiger partial charge in [-0.3, -0.25) is 4.79 Å². The Bertz CT molecular complexity index is 263. The van der Waals surface area contributed by atoms with Gasteiger partial charge in [0.1, 0.15) is 12.7 Å². The average Bonchev–Trinajstić information content (AvgIpc) is 3.00. The first-order valence-electron chi connectivity index (χ1n) is 5.66. The Kier molecular flexibility index (Phi) is 3.47. The van der Waals surface area contributed by atoms with Crippen LogP contribution in [-0.2, 0) is 23.7 Å². The molecule has 16 heavy (non-hydrogen) atoms. The third-order valence-corrected chi connectivity index (χ3v) is 2.69. The molecule has 2 fully saturated rings. The van der Waals surface area contributed by atoms with Gasteiger partial charge in [0, 0.05) is 6.42 Å². The SMILES string of the molecule is CC1COC(C)(CCC(=O)OCC2CO2)O1. The van der Waals surface area contributed by atoms with Gasteiger partial charge in [0.05, 0.1) is 25.7 Å². The molecule has 2 aliphatic heterocycles. The summed E-state index contributed by atoms with van der Waals surface area (Å²) in [7, 11) is 0. The van der Waals surface area contributed by atoms with Gasteiger partial charge in [0.2, 0.25) is 0 Å². The molecule has 0 saturated carbocycles. The monoisotopic (exact) mass is 230 g/mol. The lowest BCUT2D eigenvalue weighted by molar-refractivity contribution is -0.167. The molecular weight excluding hydrogens is 212 g/mol. The molecule has 3 atom stereocenters. The first-order chi connectivity index (χ1) is 7.57. The van der Waals surface area contributed by atoms with Gasteiger partial charge in [-0.15, -0.1) is 0 Å². The lowest BCUT2D eigenvalue weighted by Crippen LogP contribution is -2.27. The van der Waals surface area contributed by atoms with Crippen molar-refractivity contribution in [3.63, 3.8) is 0 Å². The Morgan fingerprint density at radius 2 is 2.25 bits per heavy atom. The summed E-state index contributed by atoms with van der Waals surface area (Å²) < 4.78 is 21.0. The maximum absolute atomic E-state index is 11.4. The van der Waals surface area contributed by atoms with E-state index in [2.05, 4.69) is 0 Å². The van der Waals surface area contributed by atoms with Gasteiger partial charge in [0.25, 0.3) is 0 Å². The van der Waals surface area contributed by atoms with Crippen LogP contribution >= 0.6 is 0 Å². The van der Waals surface area contributed by atoms with Crippen molar-refractivity contribution in [3.8, 4) is 0 Å². The molecule has 5 heteroatoms. The molecule has 2 rings (SSSR count). The lowest BCUT2D eigenvalue weighted by atomic mass is 10.2. The Balaban J connectivity index is 1.63. The van der Waals surface area contributed by atoms with Crippen LogP contribution in [0.3, 0.4) is 0 Å². The molecule has 2 saturated heterocycles. The van der Waals surface area contributed by atoms with Gasteiger partial charge in [-0.05, 0) is 13.8 Å². The predicted octanol–water partition coefficient (Wildman–Crippen LogP) is 0.860. The average molecular weight is 230 g/mol. The second-order valence-electron chi connectivity index (χ2n) is 4.51. The topological polar surface area (TPSA) is 57.3 Å². The zero-order valence-electron chi connectivity index (χ0n) is 9.73. The van der Waals surface area contributed by atoms with Crippen LogP contribution in [0, 0.1) is 0 Å². The summed E-state index contributed by atoms with van der Waals surface area (Å²) in [5.41, 5.74) is 0. The zero-order chi connectivity index (χ0) is 11.6. The largest absolute Gasteiger partial charge is 0.463 e. The Morgan fingerprint density at radius 1 is 1.50 bits per heavy atom. The van der Waals surface area contributed by atoms with Gasteiger partial charge in [-0.1, -0.05) is 0 Å². The maximum atomic E-state index is 11.4. The number of carbonyl (C=O) groups excluding carboxylic acids is 1. The molecule has 2 aliphatic rings. The first kappa shape index (κ1) is 11.8. The van der Waals surface area contributed by atoms with Crippen molar-refractivity contribution in [1.82, 2.24) is 0 Å². The first-order valence-corrected chi connectivity index (χ1v) is 5.66. The number of esters is 1. The fourth-order valence-corrected chi connectivity index (χ4v) is 1.67. The molecule has 0 bridgehead atoms. The van der Waals surface area contributed by atoms with E-state index in [0.717, 1.165) is 0 Å². The maximum Gasteiger partial charge on any atom is 0.306 e. The van der Waals surface area contributed by atoms with E-state index >= 15 is 0 Å². The number of hydrogen-bond donors (Lipinski definition) is 0. The Morgan fingerprint density at radius 3 is 2.81 bits per heavy atom. The van der Waals surface area contributed by atoms with Crippen LogP contribution in [0.1, 0.15) is 26.7 Å². The molecule has 0 spiro atoms. The summed E-state index contributed by atoms with van der Waals surface area (Å²) in [5, 5.41) is 0. The molecule has 0 radical (unpaired) electrons. The Hall–Kier alpha value is -0.650. The smallest absolute Gasteiger partial charge is 0.306 e. The second kappa shape index (κ2) is 4.69. The highest BCUT2D eigenvalue weighted by Crippen LogP contribution is 2.27. The van der Waals surface area contributed by atoms with Crippen LogP contribution in [-0.4, -0.2) is 43.8 Å². The fourth-order valence-electron chi connectivity index (χ4n) is 1.67. The van der Waals surface area contributed by atoms with Crippen LogP contribution < -0.4 is 0 Å². The quantitative estimate of drug-likeness (QED) is 0.518. The van der Waals surface area contributed by atoms with Gasteiger partial charge in [-0.25, -0.2) is 0 Å². The van der Waals surface area contributed by atoms with Gasteiger partial charge < -0.3 is 18.9 Å². The zero-order valence-corrected chi connectivity index (χ0v) is 9.73. The summed E-state index contributed by atoms with van der Waals surface area (Å²) in [6, 6.07) is 0. The van der Waals surface area contributed by atoms with Crippen LogP contribution in [0.25, 0.3) is 0 Å². The highest BCUT2D eigenvalue weighted by atomic mass is 16.7. The van der Waals surface area contributed by atoms with E-state index in [-0.39, 0.29) is 18.2 Å². The molecule has 3 unspecified atom stereocenters. The van der Waals surface area contributed by atoms with Crippen molar-refractivity contribution in [3.05, 3.63) is 0 Å². The number of rotatable bonds is 5. The number of hydrogen-bond acceptors (Lipinski definition) is 5. The highest BCUT2D eigenvalue weighted by molar-refractivity contribution is 5.69. The van der Waals surface area contributed by atoms with Gasteiger partial charge in [-0.2, -0.15) is 0 Å². The molecule has 5 nitrogen and oxygen atoms in total. The predicted molar refractivity (Wildman–Crippen MR) is 54.8 cm³/mol. The number of epoxide rings is 1. The van der Waals surface area contributed by atoms with Gasteiger partial charge in [0.15, 0.2) is 5.79 Å². The van der Waals surface area contributed by atoms with Crippen LogP contribution in [0.15, 0.2) is 0 Å². The number of carbonyl (C=O) groups is 1. The summed E-state index contributed by atoms with van der Waals surface area (Å²) in [4.78, 5) is 11.4. The highest BCUT2D eigenvalue weighted by Gasteiger charge is 2.35. The second-order valence-corrected chi connectivity index (χ2v) is 4.51. The normalized spacial score (nSPS) is 37.4. The molecule has 0 N–H and O–H groups in total. The van der Waals surface area contributed by atoms with E-state index in [0.29, 0.717) is 32.7 Å². The van der Waals surface area contributed by atoms with Crippen LogP contribution in [0.2, 0.25) is 0 Å². The van der Waals surface area contributed by atoms with E-state index in [9.17, 15) is 4.79 Å². The molecular formula is C11H18O5. The third kappa shape index (κ3) is 3.43. The summed E-state index contributed by atoms with van der Waals surface area (Å²) in [6.07, 6.45) is 1.07. The fraction of sp³-hybridized carbons (Fsp3) is 0.909. The van der Waals surface area contributed by atoms with Crippen molar-refractivity contribution in [1.29, 1.82) is 0 Å². The van der Waals surface area contributed by atoms with E-state index in [1.165, 1.54) is 0 Å². The van der Waals surface area contributed by atoms with Crippen LogP contribution in [0.5, 0.6) is 0 Å². The van der Waals surface area contributed by atoms with E-state index < -0.39 is 5.79 Å². The molecule has 0 amide bonds. The molecule has 0 aliphatic carbocycles. The minimum Gasteiger partial charge on any atom is -0.463 e. The minimum absolute atomic E-state index is 0.0980. The lowest BCUT2D eigenvalue weighted by Gasteiger charge is -2.22. The van der Waals surface area contributed by atoms with Crippen molar-refractivity contribution in [2.24, 2.45) is 0 Å². The van der Waals surface area contributed by atoms with Gasteiger partial charge >= 0.3 is 5.97 Å². The summed E-state index contributed by atoms with van der Waals surface area (Å²) in [6.45, 7) is 5.46. The summed E-state index contributed by atoms with van der Waals surface area (Å²) >= 11 is 0. The van der Waals surface area contributed by atoms with Crippen molar-refractivity contribution >= 4 is 5.97 Å². The van der Waals surface area contributed by atoms with E-state index in [1.54, 1.807) is 0 Å². The Labute approximate surface area is 95.0 Å². The third-order valence-electron chi connectivity index (χ3n) is 2.69. The molecule has 0 aromatic heterocycles. The van der Waals surface area contributed by atoms with E-state index in [1.807, 2.05) is 13.8 Å². The minimum atomic E-state index is -0.630. The molecule has 2 heterocycles. The summed E-state index contributed by atoms with van der Waals surface area (Å²) in [5.74, 6) is -0.849. The van der Waals surface area contributed by atoms with Crippen molar-refractivity contribution < 1.29 is 23.7 Å². The molecule has 0 aromatic carbocycles. The van der Waals surface area contributed by atoms with Crippen molar-refractivity contribution in [2.45, 2.75) is 44.7 Å². The van der Waals surface area contributed by atoms with E-state index in [4.69, 9.17) is 18.9 Å². The molecule has 92 valence electrons. The number of ether oxygens (including phenoxy) is 4. The standard InChI is InChI=1S/C11H18O5/c1-8-5-15-11(2,16-8)4-3-10(12)14-7-9-6-13-9/h8-9H,3-7H2,1-2H3. The van der Waals surface area contributed by atoms with Crippen LogP contribution in [0.4, 0.5) is 0 Å².